The van der Waals surface area contributed by atoms with Crippen molar-refractivity contribution in [3.05, 3.63) is 69.2 Å². The van der Waals surface area contributed by atoms with Gasteiger partial charge in [0.1, 0.15) is 0 Å². The fourth-order valence-corrected chi connectivity index (χ4v) is 8.65. The SMILES string of the molecule is COc1cc2c(cc1OC)C1(CC2(C)C)CC(C)(C)C2C=C3OC4C(C(=O)O)=C(C)C(C)=C(C(=O)O)C4OC3=CC21. The zero-order valence-corrected chi connectivity index (χ0v) is 24.9. The molecule has 2 fully saturated rings. The van der Waals surface area contributed by atoms with Crippen molar-refractivity contribution >= 4 is 11.9 Å². The van der Waals surface area contributed by atoms with E-state index in [-0.39, 0.29) is 39.2 Å². The van der Waals surface area contributed by atoms with E-state index in [2.05, 4.69) is 52.0 Å². The van der Waals surface area contributed by atoms with E-state index in [1.54, 1.807) is 28.1 Å². The molecule has 1 heterocycles. The van der Waals surface area contributed by atoms with E-state index in [1.165, 1.54) is 11.1 Å². The maximum Gasteiger partial charge on any atom is 0.335 e. The molecule has 5 aliphatic rings. The second kappa shape index (κ2) is 8.66. The minimum absolute atomic E-state index is 0.0326. The first kappa shape index (κ1) is 27.5. The van der Waals surface area contributed by atoms with Gasteiger partial charge in [-0.3, -0.25) is 0 Å². The van der Waals surface area contributed by atoms with Crippen LogP contribution in [0.15, 0.2) is 58.1 Å². The Bertz CT molecular complexity index is 1520. The lowest BCUT2D eigenvalue weighted by Crippen LogP contribution is -2.47. The van der Waals surface area contributed by atoms with Crippen molar-refractivity contribution in [2.45, 2.75) is 77.4 Å². The molecule has 1 aromatic carbocycles. The topological polar surface area (TPSA) is 112 Å². The molecule has 5 unspecified atom stereocenters. The van der Waals surface area contributed by atoms with Crippen LogP contribution in [0, 0.1) is 17.3 Å². The van der Waals surface area contributed by atoms with E-state index in [4.69, 9.17) is 18.9 Å². The first-order valence-electron chi connectivity index (χ1n) is 14.1. The van der Waals surface area contributed by atoms with Crippen LogP contribution < -0.4 is 9.47 Å². The quantitative estimate of drug-likeness (QED) is 0.483. The van der Waals surface area contributed by atoms with Crippen molar-refractivity contribution in [2.75, 3.05) is 14.2 Å². The molecule has 1 spiro atoms. The lowest BCUT2D eigenvalue weighted by molar-refractivity contribution is -0.140. The second-order valence-electron chi connectivity index (χ2n) is 13.5. The number of hydrogen-bond donors (Lipinski definition) is 2. The predicted molar refractivity (Wildman–Crippen MR) is 151 cm³/mol. The molecule has 5 atom stereocenters. The lowest BCUT2D eigenvalue weighted by Gasteiger charge is -2.43. The Kier molecular flexibility index (Phi) is 5.81. The summed E-state index contributed by atoms with van der Waals surface area (Å²) < 4.78 is 24.2. The van der Waals surface area contributed by atoms with E-state index in [1.807, 2.05) is 0 Å². The molecule has 1 saturated heterocycles. The molecule has 8 heteroatoms. The molecule has 41 heavy (non-hydrogen) atoms. The van der Waals surface area contributed by atoms with Crippen LogP contribution in [0.4, 0.5) is 0 Å². The van der Waals surface area contributed by atoms with Gasteiger partial charge >= 0.3 is 11.9 Å². The third-order valence-corrected chi connectivity index (χ3v) is 10.3. The van der Waals surface area contributed by atoms with Gasteiger partial charge in [-0.05, 0) is 95.9 Å². The van der Waals surface area contributed by atoms with Gasteiger partial charge in [-0.1, -0.05) is 27.7 Å². The van der Waals surface area contributed by atoms with E-state index < -0.39 is 24.1 Å². The molecule has 4 aliphatic carbocycles. The summed E-state index contributed by atoms with van der Waals surface area (Å²) in [5.41, 5.74) is 2.90. The minimum atomic E-state index is -1.14. The smallest absolute Gasteiger partial charge is 0.335 e. The van der Waals surface area contributed by atoms with Crippen LogP contribution >= 0.6 is 0 Å². The molecule has 1 aliphatic heterocycles. The number of carbonyl (C=O) groups is 2. The Balaban J connectivity index is 1.50. The molecule has 1 saturated carbocycles. The fraction of sp³-hybridized carbons (Fsp3) is 0.515. The van der Waals surface area contributed by atoms with Crippen molar-refractivity contribution in [3.8, 4) is 11.5 Å². The Hall–Kier alpha value is -3.68. The first-order valence-corrected chi connectivity index (χ1v) is 14.1. The number of rotatable bonds is 4. The molecule has 6 rings (SSSR count). The average Bonchev–Trinajstić information content (AvgIpc) is 3.24. The van der Waals surface area contributed by atoms with Gasteiger partial charge in [-0.25, -0.2) is 9.59 Å². The van der Waals surface area contributed by atoms with Crippen LogP contribution in [-0.4, -0.2) is 48.6 Å². The van der Waals surface area contributed by atoms with Gasteiger partial charge in [0.05, 0.1) is 25.4 Å². The summed E-state index contributed by atoms with van der Waals surface area (Å²) in [6, 6.07) is 4.25. The van der Waals surface area contributed by atoms with E-state index in [0.29, 0.717) is 34.2 Å². The number of benzene rings is 1. The van der Waals surface area contributed by atoms with Gasteiger partial charge in [0, 0.05) is 5.41 Å². The van der Waals surface area contributed by atoms with Gasteiger partial charge in [0.2, 0.25) is 0 Å². The van der Waals surface area contributed by atoms with Crippen molar-refractivity contribution < 1.29 is 38.7 Å². The highest BCUT2D eigenvalue weighted by Gasteiger charge is 2.63. The van der Waals surface area contributed by atoms with Crippen molar-refractivity contribution in [1.29, 1.82) is 0 Å². The molecule has 1 aromatic rings. The predicted octanol–water partition coefficient (Wildman–Crippen LogP) is 5.67. The number of carboxylic acids is 2. The standard InChI is InChI=1S/C33H38O8/c1-15-16(2)26(30(36)37)28-27(25(15)29(34)35)40-23-10-18-20(12-24(23)41-28)33(14-32(18,5)6)13-31(3,4)17-9-21(38-7)22(39-8)11-19(17)33/h9-12,18,20,27-28H,13-14H2,1-8H3,(H,34,35)(H,36,37). The van der Waals surface area contributed by atoms with Crippen LogP contribution in [0.1, 0.15) is 65.5 Å². The van der Waals surface area contributed by atoms with E-state index in [9.17, 15) is 19.8 Å². The highest BCUT2D eigenvalue weighted by Crippen LogP contribution is 2.68. The van der Waals surface area contributed by atoms with Crippen LogP contribution in [0.3, 0.4) is 0 Å². The zero-order valence-electron chi connectivity index (χ0n) is 24.9. The van der Waals surface area contributed by atoms with Gasteiger partial charge < -0.3 is 29.2 Å². The molecular formula is C33H38O8. The molecule has 0 bridgehead atoms. The summed E-state index contributed by atoms with van der Waals surface area (Å²) in [6.45, 7) is 12.3. The van der Waals surface area contributed by atoms with Crippen molar-refractivity contribution in [3.63, 3.8) is 0 Å². The van der Waals surface area contributed by atoms with Gasteiger partial charge in [-0.2, -0.15) is 0 Å². The normalized spacial score (nSPS) is 32.1. The Morgan fingerprint density at radius 2 is 1.24 bits per heavy atom. The van der Waals surface area contributed by atoms with Crippen LogP contribution in [0.25, 0.3) is 0 Å². The van der Waals surface area contributed by atoms with Crippen molar-refractivity contribution in [2.24, 2.45) is 17.3 Å². The number of hydrogen-bond acceptors (Lipinski definition) is 6. The molecule has 0 radical (unpaired) electrons. The highest BCUT2D eigenvalue weighted by atomic mass is 16.6. The average molecular weight is 563 g/mol. The molecule has 8 nitrogen and oxygen atoms in total. The minimum Gasteiger partial charge on any atom is -0.493 e. The van der Waals surface area contributed by atoms with E-state index >= 15 is 0 Å². The lowest BCUT2D eigenvalue weighted by atomic mass is 9.68. The summed E-state index contributed by atoms with van der Waals surface area (Å²) in [5, 5.41) is 20.2. The summed E-state index contributed by atoms with van der Waals surface area (Å²) in [5.74, 6) is 0.232. The largest absolute Gasteiger partial charge is 0.493 e. The third kappa shape index (κ3) is 3.65. The van der Waals surface area contributed by atoms with Crippen LogP contribution in [0.2, 0.25) is 0 Å². The fourth-order valence-electron chi connectivity index (χ4n) is 8.65. The van der Waals surface area contributed by atoms with Gasteiger partial charge in [-0.15, -0.1) is 0 Å². The number of allylic oxidation sites excluding steroid dienone is 4. The second-order valence-corrected chi connectivity index (χ2v) is 13.5. The van der Waals surface area contributed by atoms with E-state index in [0.717, 1.165) is 12.8 Å². The summed E-state index contributed by atoms with van der Waals surface area (Å²) in [7, 11) is 3.31. The van der Waals surface area contributed by atoms with Crippen LogP contribution in [-0.2, 0) is 29.9 Å². The summed E-state index contributed by atoms with van der Waals surface area (Å²) in [4.78, 5) is 24.7. The highest BCUT2D eigenvalue weighted by molar-refractivity contribution is 5.96. The zero-order chi connectivity index (χ0) is 29.8. The van der Waals surface area contributed by atoms with Crippen LogP contribution in [0.5, 0.6) is 11.5 Å². The number of fused-ring (bicyclic) bond motifs is 6. The molecule has 0 amide bonds. The first-order chi connectivity index (χ1) is 19.2. The maximum absolute atomic E-state index is 12.4. The number of aliphatic carboxylic acids is 2. The Morgan fingerprint density at radius 3 is 1.71 bits per heavy atom. The number of ether oxygens (including phenoxy) is 4. The van der Waals surface area contributed by atoms with Gasteiger partial charge in [0.15, 0.2) is 35.2 Å². The summed E-state index contributed by atoms with van der Waals surface area (Å²) >= 11 is 0. The monoisotopic (exact) mass is 562 g/mol. The summed E-state index contributed by atoms with van der Waals surface area (Å²) in [6.07, 6.45) is 3.93. The van der Waals surface area contributed by atoms with Gasteiger partial charge in [0.25, 0.3) is 0 Å². The Labute approximate surface area is 240 Å². The Morgan fingerprint density at radius 1 is 0.780 bits per heavy atom. The maximum atomic E-state index is 12.4. The van der Waals surface area contributed by atoms with Crippen molar-refractivity contribution in [1.82, 2.24) is 0 Å². The molecule has 0 aromatic heterocycles. The number of carboxylic acid groups (broad SMARTS) is 2. The number of methoxy groups -OCH3 is 2. The molecule has 2 N–H and O–H groups in total. The third-order valence-electron chi connectivity index (χ3n) is 10.3. The molecular weight excluding hydrogens is 524 g/mol. The molecule has 218 valence electrons.